The maximum absolute atomic E-state index is 6.11. The molecule has 0 radical (unpaired) electrons. The summed E-state index contributed by atoms with van der Waals surface area (Å²) < 4.78 is 12.2. The molecule has 3 heterocycles. The Hall–Kier alpha value is -0.850. The minimum absolute atomic E-state index is 0.161. The van der Waals surface area contributed by atoms with Crippen molar-refractivity contribution in [3.05, 3.63) is 0 Å². The number of guanidine groups is 1. The first kappa shape index (κ1) is 20.9. The van der Waals surface area contributed by atoms with E-state index in [9.17, 15) is 0 Å². The molecule has 0 aromatic carbocycles. The maximum atomic E-state index is 6.11. The van der Waals surface area contributed by atoms with Crippen molar-refractivity contribution in [2.45, 2.75) is 71.6 Å². The first-order valence-corrected chi connectivity index (χ1v) is 11.0. The van der Waals surface area contributed by atoms with Gasteiger partial charge in [-0.05, 0) is 44.6 Å². The summed E-state index contributed by atoms with van der Waals surface area (Å²) in [6.07, 6.45) is 5.49. The Morgan fingerprint density at radius 1 is 1.15 bits per heavy atom. The molecule has 0 saturated carbocycles. The van der Waals surface area contributed by atoms with E-state index in [0.717, 1.165) is 51.8 Å². The fraction of sp³-hybridized carbons (Fsp3) is 0.952. The molecule has 27 heavy (non-hydrogen) atoms. The predicted octanol–water partition coefficient (Wildman–Crippen LogP) is 2.25. The van der Waals surface area contributed by atoms with Gasteiger partial charge in [-0.25, -0.2) is 0 Å². The second-order valence-electron chi connectivity index (χ2n) is 9.41. The summed E-state index contributed by atoms with van der Waals surface area (Å²) >= 11 is 0. The lowest BCUT2D eigenvalue weighted by molar-refractivity contribution is -0.0823. The van der Waals surface area contributed by atoms with Crippen molar-refractivity contribution >= 4 is 5.96 Å². The van der Waals surface area contributed by atoms with Crippen LogP contribution in [0.5, 0.6) is 0 Å². The molecule has 3 rings (SSSR count). The van der Waals surface area contributed by atoms with E-state index in [-0.39, 0.29) is 17.6 Å². The molecule has 3 fully saturated rings. The number of rotatable bonds is 5. The van der Waals surface area contributed by atoms with Crippen LogP contribution in [0.3, 0.4) is 0 Å². The van der Waals surface area contributed by atoms with Crippen LogP contribution in [0, 0.1) is 11.3 Å². The molecular weight excluding hydrogens is 340 g/mol. The van der Waals surface area contributed by atoms with E-state index in [1.54, 1.807) is 0 Å². The molecule has 6 nitrogen and oxygen atoms in total. The molecule has 4 unspecified atom stereocenters. The third-order valence-corrected chi connectivity index (χ3v) is 6.09. The number of aliphatic imine (C=N–C) groups is 1. The number of hydrogen-bond donors (Lipinski definition) is 2. The average molecular weight is 381 g/mol. The van der Waals surface area contributed by atoms with Gasteiger partial charge < -0.3 is 20.1 Å². The molecule has 2 N–H and O–H groups in total. The Balaban J connectivity index is 1.51. The van der Waals surface area contributed by atoms with Gasteiger partial charge in [-0.1, -0.05) is 20.8 Å². The molecule has 0 bridgehead atoms. The van der Waals surface area contributed by atoms with Crippen molar-refractivity contribution in [1.82, 2.24) is 15.5 Å². The molecule has 0 aliphatic carbocycles. The van der Waals surface area contributed by atoms with Gasteiger partial charge in [0.2, 0.25) is 0 Å². The monoisotopic (exact) mass is 380 g/mol. The lowest BCUT2D eigenvalue weighted by atomic mass is 9.78. The van der Waals surface area contributed by atoms with Crippen LogP contribution in [0.15, 0.2) is 4.99 Å². The third kappa shape index (κ3) is 5.81. The zero-order valence-corrected chi connectivity index (χ0v) is 17.8. The van der Waals surface area contributed by atoms with Crippen LogP contribution < -0.4 is 10.6 Å². The van der Waals surface area contributed by atoms with E-state index in [1.165, 1.54) is 25.8 Å². The lowest BCUT2D eigenvalue weighted by Crippen LogP contribution is -2.51. The van der Waals surface area contributed by atoms with Gasteiger partial charge in [0.25, 0.3) is 0 Å². The molecule has 0 amide bonds. The van der Waals surface area contributed by atoms with Gasteiger partial charge >= 0.3 is 0 Å². The summed E-state index contributed by atoms with van der Waals surface area (Å²) in [7, 11) is 0. The predicted molar refractivity (Wildman–Crippen MR) is 110 cm³/mol. The van der Waals surface area contributed by atoms with Crippen LogP contribution in [0.4, 0.5) is 0 Å². The van der Waals surface area contributed by atoms with Crippen molar-refractivity contribution in [3.8, 4) is 0 Å². The minimum atomic E-state index is 0.161. The van der Waals surface area contributed by atoms with Gasteiger partial charge in [-0.3, -0.25) is 9.89 Å². The highest BCUT2D eigenvalue weighted by atomic mass is 16.5. The standard InChI is InChI=1S/C21H40N4O2/c1-5-22-20(23-12-16-8-7-11-26-19(16)21(2,3)4)24-13-18-14-25-10-6-9-17(25)15-27-18/h16-19H,5-15H2,1-4H3,(H2,22,23,24). The van der Waals surface area contributed by atoms with Gasteiger partial charge in [0, 0.05) is 44.7 Å². The highest BCUT2D eigenvalue weighted by molar-refractivity contribution is 5.79. The van der Waals surface area contributed by atoms with E-state index in [2.05, 4.69) is 43.2 Å². The van der Waals surface area contributed by atoms with Crippen LogP contribution in [-0.2, 0) is 9.47 Å². The zero-order valence-electron chi connectivity index (χ0n) is 17.8. The number of nitrogens with one attached hydrogen (secondary N) is 2. The molecule has 3 saturated heterocycles. The summed E-state index contributed by atoms with van der Waals surface area (Å²) in [5.41, 5.74) is 0.161. The lowest BCUT2D eigenvalue weighted by Gasteiger charge is -2.39. The summed E-state index contributed by atoms with van der Waals surface area (Å²) in [6.45, 7) is 15.5. The first-order valence-electron chi connectivity index (χ1n) is 11.0. The van der Waals surface area contributed by atoms with Crippen LogP contribution in [0.25, 0.3) is 0 Å². The molecule has 156 valence electrons. The van der Waals surface area contributed by atoms with Crippen molar-refractivity contribution in [2.24, 2.45) is 16.3 Å². The highest BCUT2D eigenvalue weighted by Gasteiger charge is 2.35. The second-order valence-corrected chi connectivity index (χ2v) is 9.41. The number of ether oxygens (including phenoxy) is 2. The topological polar surface area (TPSA) is 58.1 Å². The molecule has 3 aliphatic rings. The fourth-order valence-electron chi connectivity index (χ4n) is 4.76. The smallest absolute Gasteiger partial charge is 0.191 e. The quantitative estimate of drug-likeness (QED) is 0.566. The van der Waals surface area contributed by atoms with E-state index in [0.29, 0.717) is 12.0 Å². The first-order chi connectivity index (χ1) is 13.0. The van der Waals surface area contributed by atoms with Gasteiger partial charge in [0.15, 0.2) is 5.96 Å². The molecular formula is C21H40N4O2. The van der Waals surface area contributed by atoms with Crippen LogP contribution in [0.2, 0.25) is 0 Å². The Bertz CT molecular complexity index is 491. The SMILES string of the molecule is CCNC(=NCC1CCCOC1C(C)(C)C)NCC1CN2CCCC2CO1. The van der Waals surface area contributed by atoms with E-state index >= 15 is 0 Å². The number of morpholine rings is 1. The Morgan fingerprint density at radius 2 is 2.00 bits per heavy atom. The van der Waals surface area contributed by atoms with Gasteiger partial charge in [-0.15, -0.1) is 0 Å². The number of nitrogens with zero attached hydrogens (tertiary/aromatic N) is 2. The van der Waals surface area contributed by atoms with E-state index in [4.69, 9.17) is 14.5 Å². The minimum Gasteiger partial charge on any atom is -0.377 e. The molecule has 4 atom stereocenters. The summed E-state index contributed by atoms with van der Waals surface area (Å²) in [5, 5.41) is 6.90. The molecule has 0 aromatic heterocycles. The Morgan fingerprint density at radius 3 is 2.78 bits per heavy atom. The third-order valence-electron chi connectivity index (χ3n) is 6.09. The van der Waals surface area contributed by atoms with E-state index in [1.807, 2.05) is 0 Å². The van der Waals surface area contributed by atoms with E-state index < -0.39 is 0 Å². The van der Waals surface area contributed by atoms with Gasteiger partial charge in [-0.2, -0.15) is 0 Å². The summed E-state index contributed by atoms with van der Waals surface area (Å²) in [4.78, 5) is 7.49. The van der Waals surface area contributed by atoms with Crippen LogP contribution in [0.1, 0.15) is 53.4 Å². The van der Waals surface area contributed by atoms with Crippen LogP contribution >= 0.6 is 0 Å². The van der Waals surface area contributed by atoms with Crippen molar-refractivity contribution in [2.75, 3.05) is 45.9 Å². The second kappa shape index (κ2) is 9.57. The Labute approximate surface area is 165 Å². The normalized spacial score (nSPS) is 33.0. The summed E-state index contributed by atoms with van der Waals surface area (Å²) in [5.74, 6) is 1.40. The molecule has 6 heteroatoms. The largest absolute Gasteiger partial charge is 0.377 e. The molecule has 0 spiro atoms. The number of hydrogen-bond acceptors (Lipinski definition) is 4. The molecule has 0 aromatic rings. The highest BCUT2D eigenvalue weighted by Crippen LogP contribution is 2.34. The van der Waals surface area contributed by atoms with Crippen molar-refractivity contribution in [3.63, 3.8) is 0 Å². The van der Waals surface area contributed by atoms with Gasteiger partial charge in [0.05, 0.1) is 18.8 Å². The van der Waals surface area contributed by atoms with Crippen LogP contribution in [-0.4, -0.2) is 75.0 Å². The average Bonchev–Trinajstić information content (AvgIpc) is 3.11. The Kier molecular flexibility index (Phi) is 7.40. The van der Waals surface area contributed by atoms with Gasteiger partial charge in [0.1, 0.15) is 0 Å². The molecule has 3 aliphatic heterocycles. The maximum Gasteiger partial charge on any atom is 0.191 e. The van der Waals surface area contributed by atoms with Crippen molar-refractivity contribution in [1.29, 1.82) is 0 Å². The zero-order chi connectivity index (χ0) is 19.3. The van der Waals surface area contributed by atoms with Crippen molar-refractivity contribution < 1.29 is 9.47 Å². The fourth-order valence-corrected chi connectivity index (χ4v) is 4.76. The summed E-state index contributed by atoms with van der Waals surface area (Å²) in [6, 6.07) is 0.656. The number of fused-ring (bicyclic) bond motifs is 1.